The molecule has 3 atom stereocenters. The molecule has 0 spiro atoms. The number of anilines is 1. The van der Waals surface area contributed by atoms with Gasteiger partial charge in [-0.3, -0.25) is 9.78 Å². The number of aromatic nitrogens is 2. The van der Waals surface area contributed by atoms with E-state index < -0.39 is 5.97 Å². The van der Waals surface area contributed by atoms with Gasteiger partial charge in [-0.15, -0.1) is 0 Å². The van der Waals surface area contributed by atoms with Crippen molar-refractivity contribution in [2.75, 3.05) is 12.4 Å². The fourth-order valence-corrected chi connectivity index (χ4v) is 5.14. The summed E-state index contributed by atoms with van der Waals surface area (Å²) >= 11 is 0. The van der Waals surface area contributed by atoms with Gasteiger partial charge in [0.15, 0.2) is 0 Å². The number of carbonyl (C=O) groups is 1. The van der Waals surface area contributed by atoms with Gasteiger partial charge in [0.2, 0.25) is 0 Å². The summed E-state index contributed by atoms with van der Waals surface area (Å²) < 4.78 is 20.4. The first-order chi connectivity index (χ1) is 15.9. The lowest BCUT2D eigenvalue weighted by Gasteiger charge is -2.18. The summed E-state index contributed by atoms with van der Waals surface area (Å²) in [5.74, 6) is -0.0651. The summed E-state index contributed by atoms with van der Waals surface area (Å²) in [6.45, 7) is 4.11. The molecule has 0 radical (unpaired) electrons. The molecule has 170 valence electrons. The number of methoxy groups -OCH3 is 1. The molecule has 6 nitrogen and oxygen atoms in total. The Balaban J connectivity index is 1.42. The van der Waals surface area contributed by atoms with Crippen molar-refractivity contribution in [3.8, 4) is 16.9 Å². The lowest BCUT2D eigenvalue weighted by atomic mass is 9.90. The predicted molar refractivity (Wildman–Crippen MR) is 123 cm³/mol. The van der Waals surface area contributed by atoms with Gasteiger partial charge < -0.3 is 15.2 Å². The lowest BCUT2D eigenvalue weighted by molar-refractivity contribution is -0.138. The van der Waals surface area contributed by atoms with E-state index in [1.54, 1.807) is 25.6 Å². The van der Waals surface area contributed by atoms with E-state index in [0.717, 1.165) is 46.4 Å². The van der Waals surface area contributed by atoms with Gasteiger partial charge in [0.1, 0.15) is 17.4 Å². The number of rotatable bonds is 6. The van der Waals surface area contributed by atoms with E-state index in [2.05, 4.69) is 29.1 Å². The predicted octanol–water partition coefficient (Wildman–Crippen LogP) is 5.20. The molecule has 0 aliphatic heterocycles. The number of hydrogen-bond donors (Lipinski definition) is 2. The maximum atomic E-state index is 15.0. The number of nitrogens with zero attached hydrogens (tertiary/aromatic N) is 2. The molecule has 2 aliphatic rings. The molecule has 1 saturated carbocycles. The van der Waals surface area contributed by atoms with Crippen LogP contribution in [0.15, 0.2) is 36.7 Å². The van der Waals surface area contributed by atoms with Crippen molar-refractivity contribution in [3.05, 3.63) is 70.4 Å². The Labute approximate surface area is 191 Å². The Morgan fingerprint density at radius 2 is 1.94 bits per heavy atom. The number of nitrogens with one attached hydrogen (secondary N) is 1. The second-order valence-electron chi connectivity index (χ2n) is 8.97. The Bertz CT molecular complexity index is 1220. The van der Waals surface area contributed by atoms with Crippen LogP contribution in [-0.2, 0) is 11.2 Å². The van der Waals surface area contributed by atoms with E-state index in [1.807, 2.05) is 18.2 Å². The monoisotopic (exact) mass is 447 g/mol. The number of fused-ring (bicyclic) bond motifs is 1. The first-order valence-corrected chi connectivity index (χ1v) is 11.2. The number of carboxylic acids is 1. The average molecular weight is 448 g/mol. The van der Waals surface area contributed by atoms with Crippen LogP contribution in [0.5, 0.6) is 5.75 Å². The number of ether oxygens (including phenoxy) is 1. The number of aliphatic carboxylic acids is 1. The molecule has 2 N–H and O–H groups in total. The summed E-state index contributed by atoms with van der Waals surface area (Å²) in [6, 6.07) is 7.24. The van der Waals surface area contributed by atoms with E-state index in [0.29, 0.717) is 23.5 Å². The minimum absolute atomic E-state index is 0.0627. The van der Waals surface area contributed by atoms with Crippen LogP contribution in [0.25, 0.3) is 11.1 Å². The standard InChI is InChI=1S/C26H26FN3O3/c1-13-8-15(33-3)9-14(2)24(13)16-4-6-20(27)25-17(16)5-7-21(25)30-23-12-28-22(11-29-23)18-10-19(18)26(31)32/h4,6,8-9,11-12,18-19,21H,5,7,10H2,1-3H3,(H,29,30)(H,31,32)/t18-,19-,21+/m0/s1. The van der Waals surface area contributed by atoms with Crippen LogP contribution in [0.4, 0.5) is 10.2 Å². The van der Waals surface area contributed by atoms with Crippen LogP contribution in [0.3, 0.4) is 0 Å². The normalized spacial score (nSPS) is 20.9. The third kappa shape index (κ3) is 3.81. The first-order valence-electron chi connectivity index (χ1n) is 11.2. The molecule has 0 saturated heterocycles. The summed E-state index contributed by atoms with van der Waals surface area (Å²) in [4.78, 5) is 19.9. The summed E-state index contributed by atoms with van der Waals surface area (Å²) in [7, 11) is 1.66. The van der Waals surface area contributed by atoms with Gasteiger partial charge in [0, 0.05) is 11.5 Å². The Morgan fingerprint density at radius 3 is 2.55 bits per heavy atom. The molecule has 1 heterocycles. The Hall–Kier alpha value is -3.48. The van der Waals surface area contributed by atoms with Crippen molar-refractivity contribution in [3.63, 3.8) is 0 Å². The van der Waals surface area contributed by atoms with E-state index in [4.69, 9.17) is 9.84 Å². The first kappa shape index (κ1) is 21.4. The zero-order valence-electron chi connectivity index (χ0n) is 18.9. The van der Waals surface area contributed by atoms with Gasteiger partial charge in [0.05, 0.1) is 37.2 Å². The minimum atomic E-state index is -0.792. The van der Waals surface area contributed by atoms with Gasteiger partial charge in [-0.05, 0) is 79.1 Å². The number of halogens is 1. The molecule has 7 heteroatoms. The van der Waals surface area contributed by atoms with Gasteiger partial charge in [-0.2, -0.15) is 0 Å². The van der Waals surface area contributed by atoms with Gasteiger partial charge >= 0.3 is 5.97 Å². The maximum absolute atomic E-state index is 15.0. The van der Waals surface area contributed by atoms with Crippen molar-refractivity contribution in [1.82, 2.24) is 9.97 Å². The quantitative estimate of drug-likeness (QED) is 0.541. The largest absolute Gasteiger partial charge is 0.497 e. The van der Waals surface area contributed by atoms with Crippen molar-refractivity contribution in [2.24, 2.45) is 5.92 Å². The Kier molecular flexibility index (Phi) is 5.27. The number of hydrogen-bond acceptors (Lipinski definition) is 5. The fourth-order valence-electron chi connectivity index (χ4n) is 5.14. The van der Waals surface area contributed by atoms with Crippen LogP contribution < -0.4 is 10.1 Å². The van der Waals surface area contributed by atoms with Crippen molar-refractivity contribution < 1.29 is 19.0 Å². The highest BCUT2D eigenvalue weighted by atomic mass is 19.1. The highest BCUT2D eigenvalue weighted by Gasteiger charge is 2.45. The second-order valence-corrected chi connectivity index (χ2v) is 8.97. The molecule has 0 amide bonds. The lowest BCUT2D eigenvalue weighted by Crippen LogP contribution is -2.11. The summed E-state index contributed by atoms with van der Waals surface area (Å²) in [6.07, 6.45) is 5.36. The average Bonchev–Trinajstić information content (AvgIpc) is 3.49. The van der Waals surface area contributed by atoms with Crippen LogP contribution in [0.2, 0.25) is 0 Å². The fraction of sp³-hybridized carbons (Fsp3) is 0.346. The SMILES string of the molecule is COc1cc(C)c(-c2ccc(F)c3c2CC[C@H]3Nc2cnc([C@H]3C[C@@H]3C(=O)O)cn2)c(C)c1. The van der Waals surface area contributed by atoms with E-state index in [-0.39, 0.29) is 23.7 Å². The maximum Gasteiger partial charge on any atom is 0.307 e. The third-order valence-corrected chi connectivity index (χ3v) is 6.83. The topological polar surface area (TPSA) is 84.3 Å². The van der Waals surface area contributed by atoms with E-state index >= 15 is 4.39 Å². The highest BCUT2D eigenvalue weighted by Crippen LogP contribution is 2.47. The minimum Gasteiger partial charge on any atom is -0.497 e. The zero-order chi connectivity index (χ0) is 23.3. The zero-order valence-corrected chi connectivity index (χ0v) is 18.9. The van der Waals surface area contributed by atoms with Gasteiger partial charge in [-0.25, -0.2) is 9.37 Å². The molecule has 2 aliphatic carbocycles. The third-order valence-electron chi connectivity index (χ3n) is 6.83. The number of carboxylic acid groups (broad SMARTS) is 1. The van der Waals surface area contributed by atoms with Crippen LogP contribution >= 0.6 is 0 Å². The van der Waals surface area contributed by atoms with Gasteiger partial charge in [-0.1, -0.05) is 6.07 Å². The smallest absolute Gasteiger partial charge is 0.307 e. The molecule has 33 heavy (non-hydrogen) atoms. The molecular weight excluding hydrogens is 421 g/mol. The van der Waals surface area contributed by atoms with Gasteiger partial charge in [0.25, 0.3) is 0 Å². The second kappa shape index (κ2) is 8.14. The van der Waals surface area contributed by atoms with Crippen LogP contribution in [0.1, 0.15) is 52.7 Å². The highest BCUT2D eigenvalue weighted by molar-refractivity contribution is 5.77. The summed E-state index contributed by atoms with van der Waals surface area (Å²) in [5.41, 5.74) is 6.77. The Morgan fingerprint density at radius 1 is 1.18 bits per heavy atom. The molecule has 1 fully saturated rings. The summed E-state index contributed by atoms with van der Waals surface area (Å²) in [5, 5.41) is 12.4. The van der Waals surface area contributed by atoms with Crippen LogP contribution in [-0.4, -0.2) is 28.2 Å². The molecule has 3 aromatic rings. The van der Waals surface area contributed by atoms with Crippen molar-refractivity contribution >= 4 is 11.8 Å². The number of benzene rings is 2. The number of aryl methyl sites for hydroxylation is 2. The molecule has 5 rings (SSSR count). The van der Waals surface area contributed by atoms with Crippen LogP contribution in [0, 0.1) is 25.6 Å². The van der Waals surface area contributed by atoms with Crippen molar-refractivity contribution in [1.29, 1.82) is 0 Å². The molecule has 2 aromatic carbocycles. The molecular formula is C26H26FN3O3. The molecule has 0 bridgehead atoms. The molecule has 1 aromatic heterocycles. The van der Waals surface area contributed by atoms with E-state index in [9.17, 15) is 4.79 Å². The van der Waals surface area contributed by atoms with E-state index in [1.165, 1.54) is 0 Å². The van der Waals surface area contributed by atoms with Crippen molar-refractivity contribution in [2.45, 2.75) is 45.1 Å². The molecule has 0 unspecified atom stereocenters.